The number of likely N-dealkylation sites (tertiary alicyclic amines) is 1. The Bertz CT molecular complexity index is 894. The summed E-state index contributed by atoms with van der Waals surface area (Å²) in [5.41, 5.74) is 1.56. The Labute approximate surface area is 160 Å². The van der Waals surface area contributed by atoms with E-state index in [9.17, 15) is 18.3 Å². The number of aliphatic hydroxyl groups is 1. The normalized spacial score (nSPS) is 21.7. The average molecular weight is 388 g/mol. The Hall–Kier alpha value is -2.18. The lowest BCUT2D eigenvalue weighted by atomic mass is 9.91. The molecular formula is C21H25NO4S. The van der Waals surface area contributed by atoms with Crippen LogP contribution in [0.2, 0.25) is 0 Å². The fourth-order valence-electron chi connectivity index (χ4n) is 3.55. The van der Waals surface area contributed by atoms with Crippen molar-refractivity contribution < 1.29 is 18.3 Å². The second-order valence-electron chi connectivity index (χ2n) is 7.20. The van der Waals surface area contributed by atoms with Gasteiger partial charge in [-0.2, -0.15) is 0 Å². The number of hydrogen-bond acceptors (Lipinski definition) is 4. The molecule has 2 aromatic rings. The molecule has 1 fully saturated rings. The quantitative estimate of drug-likeness (QED) is 0.875. The molecule has 0 aliphatic carbocycles. The fourth-order valence-corrected chi connectivity index (χ4v) is 5.22. The van der Waals surface area contributed by atoms with Crippen molar-refractivity contribution in [3.8, 4) is 0 Å². The Morgan fingerprint density at radius 2 is 1.74 bits per heavy atom. The monoisotopic (exact) mass is 387 g/mol. The maximum atomic E-state index is 13.0. The van der Waals surface area contributed by atoms with Gasteiger partial charge in [-0.25, -0.2) is 8.42 Å². The smallest absolute Gasteiger partial charge is 0.253 e. The Morgan fingerprint density at radius 3 is 2.37 bits per heavy atom. The molecule has 0 saturated carbocycles. The van der Waals surface area contributed by atoms with Gasteiger partial charge in [-0.05, 0) is 44.5 Å². The van der Waals surface area contributed by atoms with Gasteiger partial charge in [0.2, 0.25) is 0 Å². The van der Waals surface area contributed by atoms with Crippen molar-refractivity contribution in [1.29, 1.82) is 0 Å². The topological polar surface area (TPSA) is 74.7 Å². The molecule has 1 saturated heterocycles. The number of benzene rings is 2. The number of hydrogen-bond donors (Lipinski definition) is 1. The predicted octanol–water partition coefficient (Wildman–Crippen LogP) is 2.68. The second-order valence-corrected chi connectivity index (χ2v) is 9.51. The average Bonchev–Trinajstić information content (AvgIpc) is 2.68. The number of aryl methyl sites for hydroxylation is 1. The van der Waals surface area contributed by atoms with Crippen LogP contribution < -0.4 is 0 Å². The van der Waals surface area contributed by atoms with Crippen LogP contribution in [0.3, 0.4) is 0 Å². The highest BCUT2D eigenvalue weighted by Crippen LogP contribution is 2.29. The summed E-state index contributed by atoms with van der Waals surface area (Å²) in [4.78, 5) is 14.6. The first-order valence-electron chi connectivity index (χ1n) is 9.13. The number of amides is 1. The van der Waals surface area contributed by atoms with E-state index in [0.29, 0.717) is 18.5 Å². The standard InChI is InChI=1S/C21H25NO4S/c1-15-8-10-18(11-9-15)27(25,26)16(2)19-14-22(13-12-20(19)23)21(24)17-6-4-3-5-7-17/h3-11,16,19-20,23H,12-14H2,1-2H3. The third-order valence-corrected chi connectivity index (χ3v) is 7.63. The number of rotatable bonds is 4. The molecule has 1 N–H and O–H groups in total. The van der Waals surface area contributed by atoms with E-state index in [4.69, 9.17) is 0 Å². The minimum Gasteiger partial charge on any atom is -0.393 e. The molecule has 1 aliphatic rings. The molecule has 2 aromatic carbocycles. The van der Waals surface area contributed by atoms with Crippen LogP contribution in [-0.2, 0) is 9.84 Å². The number of carbonyl (C=O) groups excluding carboxylic acids is 1. The zero-order chi connectivity index (χ0) is 19.6. The largest absolute Gasteiger partial charge is 0.393 e. The molecule has 5 nitrogen and oxygen atoms in total. The fraction of sp³-hybridized carbons (Fsp3) is 0.381. The highest BCUT2D eigenvalue weighted by Gasteiger charge is 2.39. The summed E-state index contributed by atoms with van der Waals surface area (Å²) in [6, 6.07) is 15.7. The van der Waals surface area contributed by atoms with Crippen LogP contribution in [0.4, 0.5) is 0 Å². The van der Waals surface area contributed by atoms with E-state index in [1.165, 1.54) is 0 Å². The Balaban J connectivity index is 1.81. The van der Waals surface area contributed by atoms with Gasteiger partial charge in [-0.15, -0.1) is 0 Å². The summed E-state index contributed by atoms with van der Waals surface area (Å²) >= 11 is 0. The number of nitrogens with zero attached hydrogens (tertiary/aromatic N) is 1. The highest BCUT2D eigenvalue weighted by molar-refractivity contribution is 7.92. The van der Waals surface area contributed by atoms with Gasteiger partial charge < -0.3 is 10.0 Å². The summed E-state index contributed by atoms with van der Waals surface area (Å²) in [5, 5.41) is 9.67. The molecule has 27 heavy (non-hydrogen) atoms. The molecular weight excluding hydrogens is 362 g/mol. The van der Waals surface area contributed by atoms with Crippen molar-refractivity contribution in [3.05, 3.63) is 65.7 Å². The first kappa shape index (κ1) is 19.6. The van der Waals surface area contributed by atoms with Gasteiger partial charge in [-0.3, -0.25) is 4.79 Å². The summed E-state index contributed by atoms with van der Waals surface area (Å²) < 4.78 is 26.0. The van der Waals surface area contributed by atoms with Crippen LogP contribution in [-0.4, -0.2) is 48.8 Å². The van der Waals surface area contributed by atoms with E-state index >= 15 is 0 Å². The molecule has 3 atom stereocenters. The van der Waals surface area contributed by atoms with Crippen molar-refractivity contribution in [2.45, 2.75) is 36.5 Å². The predicted molar refractivity (Wildman–Crippen MR) is 104 cm³/mol. The lowest BCUT2D eigenvalue weighted by Gasteiger charge is -2.38. The molecule has 144 valence electrons. The van der Waals surface area contributed by atoms with E-state index in [1.54, 1.807) is 60.4 Å². The summed E-state index contributed by atoms with van der Waals surface area (Å²) in [6.07, 6.45) is -0.378. The summed E-state index contributed by atoms with van der Waals surface area (Å²) in [6.45, 7) is 4.17. The first-order chi connectivity index (χ1) is 12.8. The minimum atomic E-state index is -3.60. The van der Waals surface area contributed by atoms with E-state index < -0.39 is 27.1 Å². The molecule has 3 unspecified atom stereocenters. The maximum absolute atomic E-state index is 13.0. The maximum Gasteiger partial charge on any atom is 0.253 e. The molecule has 3 rings (SSSR count). The van der Waals surface area contributed by atoms with E-state index in [0.717, 1.165) is 5.56 Å². The van der Waals surface area contributed by atoms with Crippen molar-refractivity contribution >= 4 is 15.7 Å². The van der Waals surface area contributed by atoms with Gasteiger partial charge in [0, 0.05) is 24.6 Å². The molecule has 1 aliphatic heterocycles. The molecule has 0 spiro atoms. The van der Waals surface area contributed by atoms with Crippen LogP contribution in [0.25, 0.3) is 0 Å². The zero-order valence-electron chi connectivity index (χ0n) is 15.6. The molecule has 0 bridgehead atoms. The molecule has 1 heterocycles. The lowest BCUT2D eigenvalue weighted by molar-refractivity contribution is 0.0239. The van der Waals surface area contributed by atoms with Gasteiger partial charge >= 0.3 is 0 Å². The van der Waals surface area contributed by atoms with Gasteiger partial charge in [0.15, 0.2) is 9.84 Å². The number of sulfone groups is 1. The van der Waals surface area contributed by atoms with E-state index in [2.05, 4.69) is 0 Å². The Kier molecular flexibility index (Phi) is 5.67. The molecule has 1 amide bonds. The number of piperidine rings is 1. The van der Waals surface area contributed by atoms with Crippen LogP contribution in [0.1, 0.15) is 29.3 Å². The van der Waals surface area contributed by atoms with Crippen LogP contribution in [0.5, 0.6) is 0 Å². The molecule has 6 heteroatoms. The second kappa shape index (κ2) is 7.82. The lowest BCUT2D eigenvalue weighted by Crippen LogP contribution is -2.51. The van der Waals surface area contributed by atoms with Gasteiger partial charge in [0.25, 0.3) is 5.91 Å². The molecule has 0 aromatic heterocycles. The van der Waals surface area contributed by atoms with Gasteiger partial charge in [0.05, 0.1) is 16.2 Å². The van der Waals surface area contributed by atoms with Crippen molar-refractivity contribution in [3.63, 3.8) is 0 Å². The Morgan fingerprint density at radius 1 is 1.11 bits per heavy atom. The van der Waals surface area contributed by atoms with Crippen LogP contribution in [0.15, 0.2) is 59.5 Å². The SMILES string of the molecule is Cc1ccc(S(=O)(=O)C(C)C2CN(C(=O)c3ccccc3)CCC2O)cc1. The van der Waals surface area contributed by atoms with Crippen LogP contribution in [0, 0.1) is 12.8 Å². The first-order valence-corrected chi connectivity index (χ1v) is 10.7. The summed E-state index contributed by atoms with van der Waals surface area (Å²) in [5.74, 6) is -0.662. The zero-order valence-corrected chi connectivity index (χ0v) is 16.4. The van der Waals surface area contributed by atoms with Crippen molar-refractivity contribution in [1.82, 2.24) is 4.90 Å². The van der Waals surface area contributed by atoms with Crippen molar-refractivity contribution in [2.75, 3.05) is 13.1 Å². The van der Waals surface area contributed by atoms with E-state index in [1.807, 2.05) is 13.0 Å². The van der Waals surface area contributed by atoms with Gasteiger partial charge in [0.1, 0.15) is 0 Å². The van der Waals surface area contributed by atoms with Crippen LogP contribution >= 0.6 is 0 Å². The third kappa shape index (κ3) is 4.06. The summed E-state index contributed by atoms with van der Waals surface area (Å²) in [7, 11) is -3.60. The number of carbonyl (C=O) groups is 1. The highest BCUT2D eigenvalue weighted by atomic mass is 32.2. The van der Waals surface area contributed by atoms with Gasteiger partial charge in [-0.1, -0.05) is 35.9 Å². The number of aliphatic hydroxyl groups excluding tert-OH is 1. The van der Waals surface area contributed by atoms with Crippen molar-refractivity contribution in [2.24, 2.45) is 5.92 Å². The minimum absolute atomic E-state index is 0.132. The molecule has 0 radical (unpaired) electrons. The van der Waals surface area contributed by atoms with E-state index in [-0.39, 0.29) is 17.3 Å². The third-order valence-electron chi connectivity index (χ3n) is 5.37.